The van der Waals surface area contributed by atoms with Gasteiger partial charge in [-0.2, -0.15) is 0 Å². The maximum Gasteiger partial charge on any atom is 0.164 e. The Kier molecular flexibility index (Phi) is 7.60. The molecule has 0 unspecified atom stereocenters. The Labute approximate surface area is 326 Å². The molecular weight excluding hydrogens is 703 g/mol. The van der Waals surface area contributed by atoms with Crippen LogP contribution in [0.1, 0.15) is 0 Å². The molecule has 0 amide bonds. The third kappa shape index (κ3) is 5.38. The van der Waals surface area contributed by atoms with E-state index in [1.54, 1.807) is 0 Å². The molecule has 11 aromatic rings. The summed E-state index contributed by atoms with van der Waals surface area (Å²) < 4.78 is 3.60. The molecule has 0 radical (unpaired) electrons. The summed E-state index contributed by atoms with van der Waals surface area (Å²) in [5.41, 5.74) is 10.5. The summed E-state index contributed by atoms with van der Waals surface area (Å²) >= 11 is 1.83. The number of fused-ring (bicyclic) bond motifs is 7. The fourth-order valence-electron chi connectivity index (χ4n) is 7.82. The number of pyridine rings is 1. The molecular formula is C50H31N5S. The summed E-state index contributed by atoms with van der Waals surface area (Å²) in [6, 6.07) is 65.4. The van der Waals surface area contributed by atoms with E-state index >= 15 is 0 Å². The first-order valence-corrected chi connectivity index (χ1v) is 19.5. The molecule has 4 aromatic heterocycles. The molecule has 0 N–H and O–H groups in total. The van der Waals surface area contributed by atoms with Crippen LogP contribution >= 0.6 is 11.3 Å². The van der Waals surface area contributed by atoms with Crippen molar-refractivity contribution >= 4 is 53.4 Å². The van der Waals surface area contributed by atoms with Gasteiger partial charge in [0.05, 0.1) is 21.4 Å². The summed E-state index contributed by atoms with van der Waals surface area (Å²) in [6.07, 6.45) is 0. The lowest BCUT2D eigenvalue weighted by Gasteiger charge is -2.11. The molecule has 0 fully saturated rings. The van der Waals surface area contributed by atoms with E-state index in [4.69, 9.17) is 19.9 Å². The van der Waals surface area contributed by atoms with Crippen molar-refractivity contribution in [3.05, 3.63) is 188 Å². The van der Waals surface area contributed by atoms with Gasteiger partial charge in [0.25, 0.3) is 0 Å². The molecule has 0 spiro atoms. The molecule has 7 aromatic carbocycles. The molecule has 0 saturated heterocycles. The van der Waals surface area contributed by atoms with Gasteiger partial charge in [-0.1, -0.05) is 158 Å². The average Bonchev–Trinajstić information content (AvgIpc) is 3.82. The maximum atomic E-state index is 5.36. The Morgan fingerprint density at radius 1 is 0.375 bits per heavy atom. The highest BCUT2D eigenvalue weighted by atomic mass is 32.1. The van der Waals surface area contributed by atoms with Crippen LogP contribution < -0.4 is 0 Å². The lowest BCUT2D eigenvalue weighted by atomic mass is 9.98. The Morgan fingerprint density at radius 2 is 0.893 bits per heavy atom. The monoisotopic (exact) mass is 733 g/mol. The first kappa shape index (κ1) is 32.2. The van der Waals surface area contributed by atoms with Crippen LogP contribution in [0.2, 0.25) is 0 Å². The van der Waals surface area contributed by atoms with Crippen LogP contribution in [0, 0.1) is 0 Å². The number of hydrogen-bond donors (Lipinski definition) is 0. The molecule has 0 saturated carbocycles. The topological polar surface area (TPSA) is 56.5 Å². The summed E-state index contributed by atoms with van der Waals surface area (Å²) in [5, 5.41) is 4.96. The van der Waals surface area contributed by atoms with Crippen LogP contribution in [0.25, 0.3) is 104 Å². The Balaban J connectivity index is 1.04. The van der Waals surface area contributed by atoms with Gasteiger partial charge in [-0.05, 0) is 41.5 Å². The number of benzene rings is 7. The largest absolute Gasteiger partial charge is 0.301 e. The van der Waals surface area contributed by atoms with Gasteiger partial charge in [-0.25, -0.2) is 19.9 Å². The average molecular weight is 734 g/mol. The quantitative estimate of drug-likeness (QED) is 0.171. The van der Waals surface area contributed by atoms with E-state index in [0.29, 0.717) is 17.5 Å². The van der Waals surface area contributed by atoms with Crippen molar-refractivity contribution in [2.75, 3.05) is 0 Å². The molecule has 6 heteroatoms. The summed E-state index contributed by atoms with van der Waals surface area (Å²) in [7, 11) is 0. The zero-order valence-electron chi connectivity index (χ0n) is 30.0. The van der Waals surface area contributed by atoms with Crippen LogP contribution in [0.4, 0.5) is 0 Å². The number of hydrogen-bond acceptors (Lipinski definition) is 5. The number of thiophene rings is 1. The smallest absolute Gasteiger partial charge is 0.164 e. The highest BCUT2D eigenvalue weighted by Crippen LogP contribution is 2.47. The molecule has 0 atom stereocenters. The van der Waals surface area contributed by atoms with Gasteiger partial charge in [0, 0.05) is 49.5 Å². The third-order valence-corrected chi connectivity index (χ3v) is 11.6. The Morgan fingerprint density at radius 3 is 1.57 bits per heavy atom. The number of para-hydroxylation sites is 3. The van der Waals surface area contributed by atoms with Gasteiger partial charge in [0.2, 0.25) is 0 Å². The molecule has 262 valence electrons. The molecule has 56 heavy (non-hydrogen) atoms. The van der Waals surface area contributed by atoms with E-state index < -0.39 is 0 Å². The number of rotatable bonds is 6. The number of aromatic nitrogens is 5. The fraction of sp³-hybridized carbons (Fsp3) is 0. The van der Waals surface area contributed by atoms with E-state index in [0.717, 1.165) is 50.3 Å². The second-order valence-electron chi connectivity index (χ2n) is 13.8. The molecule has 11 rings (SSSR count). The highest BCUT2D eigenvalue weighted by molar-refractivity contribution is 7.26. The van der Waals surface area contributed by atoms with Crippen molar-refractivity contribution in [1.82, 2.24) is 24.5 Å². The van der Waals surface area contributed by atoms with Crippen LogP contribution in [0.15, 0.2) is 188 Å². The lowest BCUT2D eigenvalue weighted by molar-refractivity contribution is 1.07. The molecule has 5 nitrogen and oxygen atoms in total. The van der Waals surface area contributed by atoms with E-state index in [1.165, 1.54) is 36.6 Å². The van der Waals surface area contributed by atoms with Gasteiger partial charge in [0.1, 0.15) is 4.83 Å². The predicted octanol–water partition coefficient (Wildman–Crippen LogP) is 13.1. The molecule has 0 bridgehead atoms. The van der Waals surface area contributed by atoms with E-state index in [9.17, 15) is 0 Å². The Bertz CT molecular complexity index is 3170. The van der Waals surface area contributed by atoms with Crippen molar-refractivity contribution in [3.63, 3.8) is 0 Å². The minimum atomic E-state index is 0.637. The van der Waals surface area contributed by atoms with Gasteiger partial charge < -0.3 is 4.57 Å². The SMILES string of the molecule is c1ccc(-c2nc(-c3ccccc3)nc(-c3ccc(-c4cccc(-c5nc6ccccc6c6c5sc5c6c6ccccc6n5-c5ccccc5)c4)cc3)n2)cc1. The van der Waals surface area contributed by atoms with Crippen LogP contribution in [-0.2, 0) is 0 Å². The minimum Gasteiger partial charge on any atom is -0.301 e. The lowest BCUT2D eigenvalue weighted by Crippen LogP contribution is -2.00. The molecule has 4 heterocycles. The van der Waals surface area contributed by atoms with Crippen molar-refractivity contribution < 1.29 is 0 Å². The summed E-state index contributed by atoms with van der Waals surface area (Å²) in [5.74, 6) is 1.93. The van der Waals surface area contributed by atoms with Crippen molar-refractivity contribution in [2.24, 2.45) is 0 Å². The standard InChI is InChI=1S/C50H31N5S/c1-4-15-33(16-5-1)47-52-48(34-17-6-2-7-18-34)54-49(53-47)35-29-27-32(28-30-35)36-19-14-20-37(31-36)45-46-43(39-23-10-12-25-41(39)51-45)44-40-24-11-13-26-42(40)55(50(44)56-46)38-21-8-3-9-22-38/h1-31H. The highest BCUT2D eigenvalue weighted by Gasteiger charge is 2.22. The summed E-state index contributed by atoms with van der Waals surface area (Å²) in [6.45, 7) is 0. The van der Waals surface area contributed by atoms with Crippen LogP contribution in [0.5, 0.6) is 0 Å². The first-order valence-electron chi connectivity index (χ1n) is 18.6. The van der Waals surface area contributed by atoms with Gasteiger partial charge in [0.15, 0.2) is 17.5 Å². The van der Waals surface area contributed by atoms with Crippen molar-refractivity contribution in [1.29, 1.82) is 0 Å². The van der Waals surface area contributed by atoms with E-state index in [1.807, 2.05) is 72.0 Å². The van der Waals surface area contributed by atoms with Crippen molar-refractivity contribution in [3.8, 4) is 62.2 Å². The van der Waals surface area contributed by atoms with Gasteiger partial charge in [-0.15, -0.1) is 11.3 Å². The number of nitrogens with zero attached hydrogens (tertiary/aromatic N) is 5. The summed E-state index contributed by atoms with van der Waals surface area (Å²) in [4.78, 5) is 21.3. The zero-order valence-corrected chi connectivity index (χ0v) is 30.9. The molecule has 0 aliphatic heterocycles. The fourth-order valence-corrected chi connectivity index (χ4v) is 9.19. The molecule has 0 aliphatic rings. The van der Waals surface area contributed by atoms with Crippen LogP contribution in [0.3, 0.4) is 0 Å². The maximum absolute atomic E-state index is 5.36. The second kappa shape index (κ2) is 13.2. The van der Waals surface area contributed by atoms with Gasteiger partial charge in [-0.3, -0.25) is 0 Å². The predicted molar refractivity (Wildman–Crippen MR) is 232 cm³/mol. The second-order valence-corrected chi connectivity index (χ2v) is 14.8. The van der Waals surface area contributed by atoms with Crippen LogP contribution in [-0.4, -0.2) is 24.5 Å². The van der Waals surface area contributed by atoms with Crippen molar-refractivity contribution in [2.45, 2.75) is 0 Å². The normalized spacial score (nSPS) is 11.6. The van der Waals surface area contributed by atoms with E-state index in [2.05, 4.69) is 132 Å². The van der Waals surface area contributed by atoms with E-state index in [-0.39, 0.29) is 0 Å². The van der Waals surface area contributed by atoms with Gasteiger partial charge >= 0.3 is 0 Å². The third-order valence-electron chi connectivity index (χ3n) is 10.5. The first-order chi connectivity index (χ1) is 27.8. The Hall–Kier alpha value is -7.28. The zero-order chi connectivity index (χ0) is 37.0. The molecule has 0 aliphatic carbocycles. The minimum absolute atomic E-state index is 0.637.